The van der Waals surface area contributed by atoms with Crippen molar-refractivity contribution < 1.29 is 9.47 Å². The van der Waals surface area contributed by atoms with Crippen molar-refractivity contribution >= 4 is 17.5 Å². The third-order valence-electron chi connectivity index (χ3n) is 4.00. The maximum absolute atomic E-state index is 5.83. The molecule has 1 aliphatic rings. The number of hydrogen-bond donors (Lipinski definition) is 1. The molecule has 0 radical (unpaired) electrons. The van der Waals surface area contributed by atoms with Gasteiger partial charge in [-0.3, -0.25) is 5.43 Å². The molecule has 0 bridgehead atoms. The number of methoxy groups -OCH3 is 1. The second-order valence-electron chi connectivity index (χ2n) is 5.83. The highest BCUT2D eigenvalue weighted by molar-refractivity contribution is 8.02. The molecule has 132 valence electrons. The van der Waals surface area contributed by atoms with Gasteiger partial charge in [-0.25, -0.2) is 4.68 Å². The molecule has 4 rings (SSSR count). The summed E-state index contributed by atoms with van der Waals surface area (Å²) in [6, 6.07) is 15.8. The molecule has 26 heavy (non-hydrogen) atoms. The van der Waals surface area contributed by atoms with Crippen LogP contribution in [-0.4, -0.2) is 22.0 Å². The fraction of sp³-hybridized carbons (Fsp3) is 0.158. The molecule has 1 aliphatic heterocycles. The van der Waals surface area contributed by atoms with Crippen molar-refractivity contribution in [3.05, 3.63) is 70.9 Å². The van der Waals surface area contributed by atoms with Crippen molar-refractivity contribution in [3.8, 4) is 11.5 Å². The number of nitrogens with zero attached hydrogens (tertiary/aromatic N) is 3. The smallest absolute Gasteiger partial charge is 0.214 e. The van der Waals surface area contributed by atoms with Crippen molar-refractivity contribution in [2.75, 3.05) is 12.5 Å². The van der Waals surface area contributed by atoms with Crippen LogP contribution in [0, 0.1) is 6.92 Å². The number of hydrogen-bond acceptors (Lipinski definition) is 6. The zero-order chi connectivity index (χ0) is 17.9. The highest BCUT2D eigenvalue weighted by Gasteiger charge is 2.18. The van der Waals surface area contributed by atoms with E-state index in [-0.39, 0.29) is 0 Å². The maximum Gasteiger partial charge on any atom is 0.214 e. The molecule has 0 saturated carbocycles. The van der Waals surface area contributed by atoms with Gasteiger partial charge < -0.3 is 9.47 Å². The number of benzene rings is 2. The van der Waals surface area contributed by atoms with Crippen molar-refractivity contribution in [3.63, 3.8) is 0 Å². The Kier molecular flexibility index (Phi) is 4.53. The summed E-state index contributed by atoms with van der Waals surface area (Å²) in [6.45, 7) is 2.39. The first kappa shape index (κ1) is 16.5. The lowest BCUT2D eigenvalue weighted by atomic mass is 10.1. The molecule has 3 aromatic rings. The SMILES string of the molecule is COc1ccc(OCc2nnc3n2NC(c2ccc(C)cc2)=CS3)cc1. The summed E-state index contributed by atoms with van der Waals surface area (Å²) >= 11 is 1.54. The number of fused-ring (bicyclic) bond motifs is 1. The summed E-state index contributed by atoms with van der Waals surface area (Å²) < 4.78 is 12.8. The second-order valence-corrected chi connectivity index (χ2v) is 6.66. The summed E-state index contributed by atoms with van der Waals surface area (Å²) in [4.78, 5) is 0. The maximum atomic E-state index is 5.83. The number of rotatable bonds is 5. The summed E-state index contributed by atoms with van der Waals surface area (Å²) in [5.41, 5.74) is 6.72. The molecule has 1 N–H and O–H groups in total. The van der Waals surface area contributed by atoms with Crippen LogP contribution in [-0.2, 0) is 6.61 Å². The molecule has 6 nitrogen and oxygen atoms in total. The highest BCUT2D eigenvalue weighted by atomic mass is 32.2. The van der Waals surface area contributed by atoms with Gasteiger partial charge in [-0.15, -0.1) is 10.2 Å². The lowest BCUT2D eigenvalue weighted by Gasteiger charge is -2.19. The minimum atomic E-state index is 0.314. The molecule has 0 aliphatic carbocycles. The predicted octanol–water partition coefficient (Wildman–Crippen LogP) is 3.82. The van der Waals surface area contributed by atoms with Crippen molar-refractivity contribution in [2.45, 2.75) is 18.7 Å². The van der Waals surface area contributed by atoms with Gasteiger partial charge in [0.1, 0.15) is 18.1 Å². The Balaban J connectivity index is 1.48. The second kappa shape index (κ2) is 7.13. The predicted molar refractivity (Wildman–Crippen MR) is 102 cm³/mol. The van der Waals surface area contributed by atoms with Gasteiger partial charge >= 0.3 is 0 Å². The fourth-order valence-electron chi connectivity index (χ4n) is 2.53. The molecule has 7 heteroatoms. The summed E-state index contributed by atoms with van der Waals surface area (Å²) in [6.07, 6.45) is 0. The van der Waals surface area contributed by atoms with E-state index in [2.05, 4.69) is 46.8 Å². The van der Waals surface area contributed by atoms with E-state index in [0.29, 0.717) is 12.4 Å². The van der Waals surface area contributed by atoms with Gasteiger partial charge in [0.2, 0.25) is 5.16 Å². The molecular weight excluding hydrogens is 348 g/mol. The van der Waals surface area contributed by atoms with Crippen LogP contribution < -0.4 is 14.9 Å². The molecule has 1 aromatic heterocycles. The molecule has 0 fully saturated rings. The molecule has 0 amide bonds. The van der Waals surface area contributed by atoms with Gasteiger partial charge in [0, 0.05) is 5.41 Å². The Morgan fingerprint density at radius 2 is 1.73 bits per heavy atom. The van der Waals surface area contributed by atoms with E-state index in [1.165, 1.54) is 17.3 Å². The first-order chi connectivity index (χ1) is 12.7. The standard InChI is InChI=1S/C19H18N4O2S/c1-13-3-5-14(6-4-13)17-12-26-19-21-20-18(23(19)22-17)11-25-16-9-7-15(24-2)8-10-16/h3-10,12,22H,11H2,1-2H3. The number of aromatic nitrogens is 3. The Morgan fingerprint density at radius 1 is 1.00 bits per heavy atom. The molecular formula is C19H18N4O2S. The molecule has 0 atom stereocenters. The minimum Gasteiger partial charge on any atom is -0.497 e. The van der Waals surface area contributed by atoms with Gasteiger partial charge in [0.15, 0.2) is 5.82 Å². The third kappa shape index (κ3) is 3.39. The van der Waals surface area contributed by atoms with Crippen molar-refractivity contribution in [1.29, 1.82) is 0 Å². The molecule has 2 heterocycles. The van der Waals surface area contributed by atoms with E-state index in [1.54, 1.807) is 7.11 Å². The number of nitrogens with one attached hydrogen (secondary N) is 1. The number of aryl methyl sites for hydroxylation is 1. The quantitative estimate of drug-likeness (QED) is 0.741. The van der Waals surface area contributed by atoms with Gasteiger partial charge in [-0.2, -0.15) is 0 Å². The Morgan fingerprint density at radius 3 is 2.46 bits per heavy atom. The average molecular weight is 366 g/mol. The van der Waals surface area contributed by atoms with E-state index in [4.69, 9.17) is 9.47 Å². The Bertz CT molecular complexity index is 933. The summed E-state index contributed by atoms with van der Waals surface area (Å²) in [5, 5.41) is 11.3. The van der Waals surface area contributed by atoms with Crippen LogP contribution in [0.5, 0.6) is 11.5 Å². The van der Waals surface area contributed by atoms with Gasteiger partial charge in [-0.1, -0.05) is 41.6 Å². The van der Waals surface area contributed by atoms with Crippen LogP contribution in [0.15, 0.2) is 59.1 Å². The van der Waals surface area contributed by atoms with Crippen LogP contribution in [0.2, 0.25) is 0 Å². The van der Waals surface area contributed by atoms with Crippen molar-refractivity contribution in [2.24, 2.45) is 0 Å². The topological polar surface area (TPSA) is 61.2 Å². The molecule has 0 spiro atoms. The zero-order valence-electron chi connectivity index (χ0n) is 14.5. The van der Waals surface area contributed by atoms with E-state index < -0.39 is 0 Å². The first-order valence-electron chi connectivity index (χ1n) is 8.15. The van der Waals surface area contributed by atoms with Crippen LogP contribution in [0.3, 0.4) is 0 Å². The fourth-order valence-corrected chi connectivity index (χ4v) is 3.28. The lowest BCUT2D eigenvalue weighted by Crippen LogP contribution is -2.20. The van der Waals surface area contributed by atoms with Crippen LogP contribution >= 0.6 is 11.8 Å². The summed E-state index contributed by atoms with van der Waals surface area (Å²) in [7, 11) is 1.64. The van der Waals surface area contributed by atoms with E-state index in [9.17, 15) is 0 Å². The van der Waals surface area contributed by atoms with E-state index >= 15 is 0 Å². The van der Waals surface area contributed by atoms with Crippen LogP contribution in [0.25, 0.3) is 5.70 Å². The summed E-state index contributed by atoms with van der Waals surface area (Å²) in [5.74, 6) is 2.25. The van der Waals surface area contributed by atoms with Gasteiger partial charge in [0.05, 0.1) is 12.8 Å². The van der Waals surface area contributed by atoms with Crippen LogP contribution in [0.4, 0.5) is 0 Å². The number of thioether (sulfide) groups is 1. The largest absolute Gasteiger partial charge is 0.497 e. The number of ether oxygens (including phenoxy) is 2. The highest BCUT2D eigenvalue weighted by Crippen LogP contribution is 2.29. The van der Waals surface area contributed by atoms with E-state index in [0.717, 1.165) is 27.9 Å². The lowest BCUT2D eigenvalue weighted by molar-refractivity contribution is 0.290. The molecule has 2 aromatic carbocycles. The third-order valence-corrected chi connectivity index (χ3v) is 4.83. The molecule has 0 unspecified atom stereocenters. The van der Waals surface area contributed by atoms with Gasteiger partial charge in [-0.05, 0) is 36.8 Å². The minimum absolute atomic E-state index is 0.314. The Hall–Kier alpha value is -2.93. The zero-order valence-corrected chi connectivity index (χ0v) is 15.3. The van der Waals surface area contributed by atoms with Crippen LogP contribution in [0.1, 0.15) is 17.0 Å². The molecule has 0 saturated heterocycles. The average Bonchev–Trinajstić information content (AvgIpc) is 3.09. The monoisotopic (exact) mass is 366 g/mol. The Labute approximate surface area is 155 Å². The normalized spacial score (nSPS) is 12.8. The van der Waals surface area contributed by atoms with E-state index in [1.807, 2.05) is 34.3 Å². The van der Waals surface area contributed by atoms with Gasteiger partial charge in [0.25, 0.3) is 0 Å². The van der Waals surface area contributed by atoms with Crippen molar-refractivity contribution in [1.82, 2.24) is 14.9 Å². The first-order valence-corrected chi connectivity index (χ1v) is 9.03.